The lowest BCUT2D eigenvalue weighted by molar-refractivity contribution is -0.123. The third kappa shape index (κ3) is 8.43. The fraction of sp³-hybridized carbons (Fsp3) is 0.167. The first-order valence-corrected chi connectivity index (χ1v) is 12.6. The summed E-state index contributed by atoms with van der Waals surface area (Å²) in [6.45, 7) is 0.262. The molecule has 0 aliphatic rings. The number of methoxy groups -OCH3 is 1. The van der Waals surface area contributed by atoms with Crippen LogP contribution in [0.1, 0.15) is 27.9 Å². The number of carbonyl (C=O) groups excluding carboxylic acids is 2. The molecule has 1 atom stereocenters. The summed E-state index contributed by atoms with van der Waals surface area (Å²) in [5, 5.41) is 15.9. The summed E-state index contributed by atoms with van der Waals surface area (Å²) in [5.41, 5.74) is 5.85. The molecule has 0 spiro atoms. The van der Waals surface area contributed by atoms with E-state index in [2.05, 4.69) is 31.9 Å². The van der Waals surface area contributed by atoms with Crippen molar-refractivity contribution < 1.29 is 23.8 Å². The van der Waals surface area contributed by atoms with Crippen LogP contribution in [0.5, 0.6) is 11.5 Å². The van der Waals surface area contributed by atoms with Crippen molar-refractivity contribution in [2.45, 2.75) is 25.7 Å². The van der Waals surface area contributed by atoms with Crippen molar-refractivity contribution in [1.29, 1.82) is 5.26 Å². The Morgan fingerprint density at radius 3 is 2.63 bits per heavy atom. The first-order chi connectivity index (χ1) is 20.1. The largest absolute Gasteiger partial charge is 0.493 e. The van der Waals surface area contributed by atoms with Gasteiger partial charge in [-0.25, -0.2) is 15.2 Å². The SMILES string of the molecule is COc1cc(/C=N\NC(=O)[C@@H](Cc2cnc[nH]2)NC(=O)OCc2ccccc2)ccc1OCc1ccccc1C#N. The Morgan fingerprint density at radius 2 is 1.88 bits per heavy atom. The van der Waals surface area contributed by atoms with E-state index in [1.807, 2.05) is 42.5 Å². The number of alkyl carbamates (subject to hydrolysis) is 1. The molecule has 0 fully saturated rings. The normalized spacial score (nSPS) is 11.3. The van der Waals surface area contributed by atoms with E-state index >= 15 is 0 Å². The quantitative estimate of drug-likeness (QED) is 0.178. The zero-order chi connectivity index (χ0) is 28.9. The molecule has 41 heavy (non-hydrogen) atoms. The molecule has 2 amide bonds. The van der Waals surface area contributed by atoms with Crippen molar-refractivity contribution in [3.8, 4) is 17.6 Å². The van der Waals surface area contributed by atoms with Gasteiger partial charge in [-0.2, -0.15) is 10.4 Å². The molecule has 208 valence electrons. The Balaban J connectivity index is 1.36. The van der Waals surface area contributed by atoms with Crippen LogP contribution >= 0.6 is 0 Å². The summed E-state index contributed by atoms with van der Waals surface area (Å²) in [4.78, 5) is 32.2. The van der Waals surface area contributed by atoms with Gasteiger partial charge in [0.25, 0.3) is 5.91 Å². The maximum atomic E-state index is 12.9. The number of hydrogen-bond donors (Lipinski definition) is 3. The van der Waals surface area contributed by atoms with Gasteiger partial charge < -0.3 is 24.5 Å². The summed E-state index contributed by atoms with van der Waals surface area (Å²) in [6, 6.07) is 22.7. The molecule has 3 N–H and O–H groups in total. The summed E-state index contributed by atoms with van der Waals surface area (Å²) in [5.74, 6) is 0.393. The van der Waals surface area contributed by atoms with Crippen molar-refractivity contribution >= 4 is 18.2 Å². The topological polar surface area (TPSA) is 151 Å². The molecule has 0 aliphatic carbocycles. The van der Waals surface area contributed by atoms with E-state index in [1.54, 1.807) is 36.5 Å². The van der Waals surface area contributed by atoms with E-state index in [-0.39, 0.29) is 19.6 Å². The van der Waals surface area contributed by atoms with Crippen LogP contribution in [0.4, 0.5) is 4.79 Å². The molecule has 1 aromatic heterocycles. The number of H-pyrrole nitrogens is 1. The number of hydrogen-bond acceptors (Lipinski definition) is 8. The number of benzene rings is 3. The lowest BCUT2D eigenvalue weighted by Gasteiger charge is -2.16. The van der Waals surface area contributed by atoms with Crippen LogP contribution in [0.15, 0.2) is 90.4 Å². The van der Waals surface area contributed by atoms with Crippen molar-refractivity contribution in [3.05, 3.63) is 113 Å². The van der Waals surface area contributed by atoms with Gasteiger partial charge in [0.2, 0.25) is 0 Å². The van der Waals surface area contributed by atoms with E-state index in [0.717, 1.165) is 11.1 Å². The highest BCUT2D eigenvalue weighted by Crippen LogP contribution is 2.28. The molecule has 0 radical (unpaired) electrons. The monoisotopic (exact) mass is 552 g/mol. The average Bonchev–Trinajstić information content (AvgIpc) is 3.52. The maximum absolute atomic E-state index is 12.9. The number of rotatable bonds is 12. The molecule has 4 rings (SSSR count). The fourth-order valence-electron chi connectivity index (χ4n) is 3.78. The summed E-state index contributed by atoms with van der Waals surface area (Å²) in [6.07, 6.45) is 3.90. The Labute approximate surface area is 236 Å². The molecular weight excluding hydrogens is 524 g/mol. The van der Waals surface area contributed by atoms with Gasteiger partial charge in [0.05, 0.1) is 31.3 Å². The zero-order valence-corrected chi connectivity index (χ0v) is 22.2. The van der Waals surface area contributed by atoms with Crippen molar-refractivity contribution in [2.24, 2.45) is 5.10 Å². The van der Waals surface area contributed by atoms with Gasteiger partial charge in [-0.15, -0.1) is 0 Å². The lowest BCUT2D eigenvalue weighted by Crippen LogP contribution is -2.47. The molecule has 4 aromatic rings. The van der Waals surface area contributed by atoms with Crippen LogP contribution in [0.25, 0.3) is 0 Å². The van der Waals surface area contributed by atoms with Crippen LogP contribution in [0, 0.1) is 11.3 Å². The fourth-order valence-corrected chi connectivity index (χ4v) is 3.78. The van der Waals surface area contributed by atoms with E-state index < -0.39 is 18.0 Å². The highest BCUT2D eigenvalue weighted by Gasteiger charge is 2.22. The smallest absolute Gasteiger partial charge is 0.408 e. The number of ether oxygens (including phenoxy) is 3. The summed E-state index contributed by atoms with van der Waals surface area (Å²) < 4.78 is 16.6. The number of aromatic nitrogens is 2. The zero-order valence-electron chi connectivity index (χ0n) is 22.2. The molecule has 3 aromatic carbocycles. The number of carbonyl (C=O) groups is 2. The van der Waals surface area contributed by atoms with Crippen molar-refractivity contribution in [2.75, 3.05) is 7.11 Å². The maximum Gasteiger partial charge on any atom is 0.408 e. The molecule has 0 saturated heterocycles. The Hall–Kier alpha value is -5.63. The Bertz CT molecular complexity index is 1520. The molecule has 11 heteroatoms. The molecule has 1 heterocycles. The third-order valence-corrected chi connectivity index (χ3v) is 5.90. The van der Waals surface area contributed by atoms with Gasteiger partial charge in [-0.1, -0.05) is 48.5 Å². The number of aromatic amines is 1. The molecule has 0 aliphatic heterocycles. The first kappa shape index (κ1) is 28.4. The van der Waals surface area contributed by atoms with E-state index in [1.165, 1.54) is 19.7 Å². The van der Waals surface area contributed by atoms with Gasteiger partial charge in [-0.3, -0.25) is 4.79 Å². The molecule has 11 nitrogen and oxygen atoms in total. The van der Waals surface area contributed by atoms with Crippen molar-refractivity contribution in [1.82, 2.24) is 20.7 Å². The number of nitriles is 1. The Morgan fingerprint density at radius 1 is 1.07 bits per heavy atom. The Kier molecular flexibility index (Phi) is 10.0. The highest BCUT2D eigenvalue weighted by molar-refractivity contribution is 5.87. The number of amides is 2. The van der Waals surface area contributed by atoms with Crippen molar-refractivity contribution in [3.63, 3.8) is 0 Å². The third-order valence-electron chi connectivity index (χ3n) is 5.90. The van der Waals surface area contributed by atoms with Crippen LogP contribution in [0.2, 0.25) is 0 Å². The summed E-state index contributed by atoms with van der Waals surface area (Å²) >= 11 is 0. The number of nitrogens with zero attached hydrogens (tertiary/aromatic N) is 3. The molecule has 0 bridgehead atoms. The summed E-state index contributed by atoms with van der Waals surface area (Å²) in [7, 11) is 1.51. The van der Waals surface area contributed by atoms with Crippen LogP contribution in [-0.4, -0.2) is 41.3 Å². The number of nitrogens with one attached hydrogen (secondary N) is 3. The van der Waals surface area contributed by atoms with Crippen LogP contribution in [-0.2, 0) is 29.2 Å². The van der Waals surface area contributed by atoms with Crippen LogP contribution in [0.3, 0.4) is 0 Å². The lowest BCUT2D eigenvalue weighted by atomic mass is 10.1. The molecule has 0 unspecified atom stereocenters. The van der Waals surface area contributed by atoms with E-state index in [0.29, 0.717) is 28.3 Å². The standard InChI is InChI=1S/C30H28N6O5/c1-39-28-13-22(11-12-27(28)40-19-24-10-6-5-9-23(24)15-31)16-34-36-29(37)26(14-25-17-32-20-33-25)35-30(38)41-18-21-7-3-2-4-8-21/h2-13,16-17,20,26H,14,18-19H2,1H3,(H,32,33)(H,35,38)(H,36,37)/b34-16-/t26-/m1/s1. The molecule has 0 saturated carbocycles. The average molecular weight is 553 g/mol. The van der Waals surface area contributed by atoms with E-state index in [4.69, 9.17) is 14.2 Å². The molecular formula is C30H28N6O5. The van der Waals surface area contributed by atoms with Gasteiger partial charge in [0.15, 0.2) is 11.5 Å². The predicted octanol–water partition coefficient (Wildman–Crippen LogP) is 3.86. The second kappa shape index (κ2) is 14.5. The minimum atomic E-state index is -0.975. The highest BCUT2D eigenvalue weighted by atomic mass is 16.5. The number of imidazole rings is 1. The minimum Gasteiger partial charge on any atom is -0.493 e. The van der Waals surface area contributed by atoms with E-state index in [9.17, 15) is 14.9 Å². The van der Waals surface area contributed by atoms with Crippen LogP contribution < -0.4 is 20.2 Å². The second-order valence-electron chi connectivity index (χ2n) is 8.74. The van der Waals surface area contributed by atoms with Gasteiger partial charge in [-0.05, 0) is 35.4 Å². The van der Waals surface area contributed by atoms with Gasteiger partial charge >= 0.3 is 6.09 Å². The first-order valence-electron chi connectivity index (χ1n) is 12.6. The minimum absolute atomic E-state index is 0.0651. The second-order valence-corrected chi connectivity index (χ2v) is 8.74. The number of hydrazone groups is 1. The van der Waals surface area contributed by atoms with Gasteiger partial charge in [0, 0.05) is 23.9 Å². The van der Waals surface area contributed by atoms with Gasteiger partial charge in [0.1, 0.15) is 19.3 Å². The predicted molar refractivity (Wildman–Crippen MR) is 150 cm³/mol.